The molecule has 1 aromatic heterocycles. The largest absolute Gasteiger partial charge is 0.373 e. The van der Waals surface area contributed by atoms with Crippen LogP contribution in [-0.2, 0) is 0 Å². The van der Waals surface area contributed by atoms with Crippen LogP contribution in [0, 0.1) is 10.5 Å². The molecule has 4 nitrogen and oxygen atoms in total. The average molecular weight is 402 g/mol. The van der Waals surface area contributed by atoms with E-state index in [2.05, 4.69) is 38.2 Å². The third kappa shape index (κ3) is 3.61. The maximum atomic E-state index is 12.3. The Kier molecular flexibility index (Phi) is 4.82. The molecule has 6 heteroatoms. The summed E-state index contributed by atoms with van der Waals surface area (Å²) in [6.07, 6.45) is 0. The van der Waals surface area contributed by atoms with Crippen LogP contribution in [0.2, 0.25) is 5.02 Å². The molecule has 0 saturated carbocycles. The molecule has 2 N–H and O–H groups in total. The Morgan fingerprint density at radius 2 is 2.05 bits per heavy atom. The zero-order valence-electron chi connectivity index (χ0n) is 11.0. The van der Waals surface area contributed by atoms with Crippen molar-refractivity contribution in [3.63, 3.8) is 0 Å². The first-order valence-corrected chi connectivity index (χ1v) is 7.38. The molecule has 0 aliphatic rings. The fourth-order valence-electron chi connectivity index (χ4n) is 1.71. The van der Waals surface area contributed by atoms with Gasteiger partial charge in [-0.25, -0.2) is 4.98 Å². The maximum absolute atomic E-state index is 12.3. The van der Waals surface area contributed by atoms with E-state index in [1.807, 2.05) is 6.92 Å². The molecule has 20 heavy (non-hydrogen) atoms. The number of hydrogen-bond donors (Lipinski definition) is 2. The number of halogens is 2. The van der Waals surface area contributed by atoms with Crippen LogP contribution in [0.5, 0.6) is 0 Å². The highest BCUT2D eigenvalue weighted by atomic mass is 127. The molecule has 2 rings (SSSR count). The highest BCUT2D eigenvalue weighted by Crippen LogP contribution is 2.23. The minimum Gasteiger partial charge on any atom is -0.373 e. The predicted molar refractivity (Wildman–Crippen MR) is 90.6 cm³/mol. The summed E-state index contributed by atoms with van der Waals surface area (Å²) in [5, 5.41) is 6.45. The highest BCUT2D eigenvalue weighted by molar-refractivity contribution is 14.1. The van der Waals surface area contributed by atoms with Gasteiger partial charge in [0.05, 0.1) is 5.69 Å². The number of pyridine rings is 1. The van der Waals surface area contributed by atoms with E-state index in [9.17, 15) is 4.79 Å². The average Bonchev–Trinajstić information content (AvgIpc) is 2.41. The number of benzene rings is 1. The Hall–Kier alpha value is -1.34. The molecule has 1 heterocycles. The summed E-state index contributed by atoms with van der Waals surface area (Å²) in [5.41, 5.74) is 2.08. The Bertz CT molecular complexity index is 661. The summed E-state index contributed by atoms with van der Waals surface area (Å²) in [7, 11) is 1.77. The van der Waals surface area contributed by atoms with E-state index < -0.39 is 0 Å². The van der Waals surface area contributed by atoms with Crippen molar-refractivity contribution in [3.05, 3.63) is 50.2 Å². The van der Waals surface area contributed by atoms with E-state index in [1.54, 1.807) is 37.4 Å². The van der Waals surface area contributed by atoms with Crippen LogP contribution >= 0.6 is 34.2 Å². The van der Waals surface area contributed by atoms with Crippen molar-refractivity contribution in [2.75, 3.05) is 17.7 Å². The van der Waals surface area contributed by atoms with E-state index in [0.717, 1.165) is 15.0 Å². The molecule has 0 atom stereocenters. The second-order valence-corrected chi connectivity index (χ2v) is 5.81. The SMILES string of the molecule is CNc1cc(C(=O)Nc2ccc(Cl)cc2I)cc(C)n1. The lowest BCUT2D eigenvalue weighted by Crippen LogP contribution is -2.14. The van der Waals surface area contributed by atoms with Gasteiger partial charge in [0.2, 0.25) is 0 Å². The molecule has 0 saturated heterocycles. The Morgan fingerprint density at radius 1 is 1.30 bits per heavy atom. The van der Waals surface area contributed by atoms with Gasteiger partial charge >= 0.3 is 0 Å². The van der Waals surface area contributed by atoms with Gasteiger partial charge in [0.1, 0.15) is 5.82 Å². The monoisotopic (exact) mass is 401 g/mol. The summed E-state index contributed by atoms with van der Waals surface area (Å²) in [4.78, 5) is 16.5. The number of anilines is 2. The van der Waals surface area contributed by atoms with E-state index in [0.29, 0.717) is 16.4 Å². The third-order valence-corrected chi connectivity index (χ3v) is 3.78. The van der Waals surface area contributed by atoms with Crippen LogP contribution in [0.4, 0.5) is 11.5 Å². The van der Waals surface area contributed by atoms with Crippen molar-refractivity contribution in [3.8, 4) is 0 Å². The maximum Gasteiger partial charge on any atom is 0.255 e. The van der Waals surface area contributed by atoms with E-state index in [-0.39, 0.29) is 5.91 Å². The molecule has 0 bridgehead atoms. The smallest absolute Gasteiger partial charge is 0.255 e. The Labute approximate surface area is 136 Å². The quantitative estimate of drug-likeness (QED) is 0.766. The third-order valence-electron chi connectivity index (χ3n) is 2.65. The van der Waals surface area contributed by atoms with Crippen molar-refractivity contribution >= 4 is 51.6 Å². The molecule has 1 aromatic carbocycles. The first-order valence-electron chi connectivity index (χ1n) is 5.92. The Morgan fingerprint density at radius 3 is 2.70 bits per heavy atom. The number of carbonyl (C=O) groups is 1. The standard InChI is InChI=1S/C14H13ClIN3O/c1-8-5-9(6-13(17-2)18-8)14(20)19-12-4-3-10(15)7-11(12)16/h3-7H,1-2H3,(H,17,18)(H,19,20). The van der Waals surface area contributed by atoms with Gasteiger partial charge in [0.25, 0.3) is 5.91 Å². The van der Waals surface area contributed by atoms with Crippen LogP contribution in [0.15, 0.2) is 30.3 Å². The number of nitrogens with zero attached hydrogens (tertiary/aromatic N) is 1. The number of aryl methyl sites for hydroxylation is 1. The number of nitrogens with one attached hydrogen (secondary N) is 2. The molecule has 0 spiro atoms. The zero-order valence-corrected chi connectivity index (χ0v) is 13.9. The molecule has 0 radical (unpaired) electrons. The second kappa shape index (κ2) is 6.41. The fourth-order valence-corrected chi connectivity index (χ4v) is 2.72. The predicted octanol–water partition coefficient (Wildman–Crippen LogP) is 3.94. The van der Waals surface area contributed by atoms with Crippen LogP contribution in [0.25, 0.3) is 0 Å². The molecule has 104 valence electrons. The number of carbonyl (C=O) groups excluding carboxylic acids is 1. The van der Waals surface area contributed by atoms with E-state index in [4.69, 9.17) is 11.6 Å². The lowest BCUT2D eigenvalue weighted by atomic mass is 10.2. The van der Waals surface area contributed by atoms with E-state index >= 15 is 0 Å². The first kappa shape index (κ1) is 15.1. The van der Waals surface area contributed by atoms with Gasteiger partial charge in [-0.1, -0.05) is 11.6 Å². The molecular formula is C14H13ClIN3O. The van der Waals surface area contributed by atoms with Crippen molar-refractivity contribution in [1.29, 1.82) is 0 Å². The van der Waals surface area contributed by atoms with Crippen molar-refractivity contribution in [2.24, 2.45) is 0 Å². The summed E-state index contributed by atoms with van der Waals surface area (Å²) in [6.45, 7) is 1.85. The van der Waals surface area contributed by atoms with Crippen LogP contribution < -0.4 is 10.6 Å². The fraction of sp³-hybridized carbons (Fsp3) is 0.143. The van der Waals surface area contributed by atoms with Gasteiger partial charge in [0, 0.05) is 26.9 Å². The van der Waals surface area contributed by atoms with Gasteiger partial charge in [-0.3, -0.25) is 4.79 Å². The molecule has 0 aliphatic heterocycles. The molecule has 0 unspecified atom stereocenters. The molecule has 0 aliphatic carbocycles. The lowest BCUT2D eigenvalue weighted by molar-refractivity contribution is 0.102. The molecule has 1 amide bonds. The Balaban J connectivity index is 2.26. The molecular weight excluding hydrogens is 389 g/mol. The zero-order chi connectivity index (χ0) is 14.7. The normalized spacial score (nSPS) is 10.2. The number of hydrogen-bond acceptors (Lipinski definition) is 3. The van der Waals surface area contributed by atoms with Gasteiger partial charge in [-0.2, -0.15) is 0 Å². The molecule has 2 aromatic rings. The summed E-state index contributed by atoms with van der Waals surface area (Å²) < 4.78 is 0.892. The van der Waals surface area contributed by atoms with Gasteiger partial charge in [-0.15, -0.1) is 0 Å². The van der Waals surface area contributed by atoms with Gasteiger partial charge in [0.15, 0.2) is 0 Å². The van der Waals surface area contributed by atoms with Crippen LogP contribution in [-0.4, -0.2) is 17.9 Å². The van der Waals surface area contributed by atoms with Crippen molar-refractivity contribution in [1.82, 2.24) is 4.98 Å². The number of aromatic nitrogens is 1. The van der Waals surface area contributed by atoms with Gasteiger partial charge < -0.3 is 10.6 Å². The summed E-state index contributed by atoms with van der Waals surface area (Å²) in [6, 6.07) is 8.80. The number of rotatable bonds is 3. The van der Waals surface area contributed by atoms with Crippen molar-refractivity contribution in [2.45, 2.75) is 6.92 Å². The molecule has 0 fully saturated rings. The summed E-state index contributed by atoms with van der Waals surface area (Å²) in [5.74, 6) is 0.494. The highest BCUT2D eigenvalue weighted by Gasteiger charge is 2.10. The minimum atomic E-state index is -0.174. The van der Waals surface area contributed by atoms with Crippen molar-refractivity contribution < 1.29 is 4.79 Å². The van der Waals surface area contributed by atoms with E-state index in [1.165, 1.54) is 0 Å². The lowest BCUT2D eigenvalue weighted by Gasteiger charge is -2.09. The summed E-state index contributed by atoms with van der Waals surface area (Å²) >= 11 is 8.03. The van der Waals surface area contributed by atoms with Gasteiger partial charge in [-0.05, 0) is 59.8 Å². The number of amides is 1. The topological polar surface area (TPSA) is 54.0 Å². The van der Waals surface area contributed by atoms with Crippen LogP contribution in [0.3, 0.4) is 0 Å². The first-order chi connectivity index (χ1) is 9.49. The second-order valence-electron chi connectivity index (χ2n) is 4.21. The van der Waals surface area contributed by atoms with Crippen LogP contribution in [0.1, 0.15) is 16.1 Å². The minimum absolute atomic E-state index is 0.174.